The van der Waals surface area contributed by atoms with Crippen LogP contribution >= 0.6 is 0 Å². The van der Waals surface area contributed by atoms with Crippen LogP contribution in [-0.2, 0) is 23.8 Å². The summed E-state index contributed by atoms with van der Waals surface area (Å²) in [7, 11) is 0. The van der Waals surface area contributed by atoms with Crippen LogP contribution in [-0.4, -0.2) is 66.2 Å². The number of carbonyl (C=O) groups is 3. The van der Waals surface area contributed by atoms with E-state index in [4.69, 9.17) is 14.2 Å². The van der Waals surface area contributed by atoms with Gasteiger partial charge in [0, 0.05) is 5.92 Å². The maximum Gasteiger partial charge on any atom is 0.407 e. The van der Waals surface area contributed by atoms with Gasteiger partial charge in [0.25, 0.3) is 0 Å². The third kappa shape index (κ3) is 8.03. The lowest BCUT2D eigenvalue weighted by Crippen LogP contribution is -2.55. The van der Waals surface area contributed by atoms with Crippen molar-refractivity contribution in [2.45, 2.75) is 70.7 Å². The summed E-state index contributed by atoms with van der Waals surface area (Å²) in [5, 5.41) is 14.6. The fraction of sp³-hybridized carbons (Fsp3) is 0.483. The molecule has 3 rings (SSSR count). The molecule has 2 amide bonds. The smallest absolute Gasteiger partial charge is 0.407 e. The Morgan fingerprint density at radius 1 is 0.789 bits per heavy atom. The molecular formula is C29H38N2O7. The van der Waals surface area contributed by atoms with Crippen molar-refractivity contribution in [1.82, 2.24) is 10.6 Å². The Hall–Kier alpha value is -3.43. The van der Waals surface area contributed by atoms with Crippen LogP contribution < -0.4 is 10.6 Å². The van der Waals surface area contributed by atoms with Crippen molar-refractivity contribution >= 4 is 18.0 Å². The number of hydrogen-bond acceptors (Lipinski definition) is 6. The summed E-state index contributed by atoms with van der Waals surface area (Å²) in [6.07, 6.45) is -0.803. The molecule has 0 saturated heterocycles. The Morgan fingerprint density at radius 2 is 1.26 bits per heavy atom. The topological polar surface area (TPSA) is 123 Å². The molecule has 9 heteroatoms. The molecule has 0 heterocycles. The van der Waals surface area contributed by atoms with E-state index in [1.165, 1.54) is 0 Å². The van der Waals surface area contributed by atoms with Crippen LogP contribution in [0.3, 0.4) is 0 Å². The summed E-state index contributed by atoms with van der Waals surface area (Å²) in [4.78, 5) is 37.6. The summed E-state index contributed by atoms with van der Waals surface area (Å²) in [5.74, 6) is -2.11. The van der Waals surface area contributed by atoms with E-state index >= 15 is 0 Å². The zero-order valence-corrected chi connectivity index (χ0v) is 22.9. The predicted octanol–water partition coefficient (Wildman–Crippen LogP) is 4.09. The largest absolute Gasteiger partial charge is 0.480 e. The molecular weight excluding hydrogens is 488 g/mol. The molecule has 0 aromatic heterocycles. The molecule has 0 unspecified atom stereocenters. The number of benzene rings is 2. The van der Waals surface area contributed by atoms with Gasteiger partial charge < -0.3 is 30.0 Å². The summed E-state index contributed by atoms with van der Waals surface area (Å²) in [6.45, 7) is 10.5. The first-order valence-corrected chi connectivity index (χ1v) is 12.7. The fourth-order valence-corrected chi connectivity index (χ4v) is 4.08. The highest BCUT2D eigenvalue weighted by atomic mass is 16.6. The quantitative estimate of drug-likeness (QED) is 0.426. The number of hydrogen-bond donors (Lipinski definition) is 3. The van der Waals surface area contributed by atoms with Gasteiger partial charge in [-0.3, -0.25) is 4.79 Å². The molecule has 1 aliphatic rings. The molecule has 38 heavy (non-hydrogen) atoms. The molecule has 2 atom stereocenters. The Labute approximate surface area is 223 Å². The van der Waals surface area contributed by atoms with Crippen LogP contribution in [0.2, 0.25) is 0 Å². The number of carbonyl (C=O) groups excluding carboxylic acids is 2. The van der Waals surface area contributed by atoms with Crippen LogP contribution in [0.25, 0.3) is 11.1 Å². The van der Waals surface area contributed by atoms with E-state index in [0.717, 1.165) is 22.3 Å². The molecule has 0 spiro atoms. The zero-order chi connectivity index (χ0) is 28.1. The van der Waals surface area contributed by atoms with Crippen molar-refractivity contribution in [2.24, 2.45) is 0 Å². The SMILES string of the molecule is CC(C)(C)OC[C@H](NC(=O)[C@H](COC(C)(C)C)NC(=O)OCC1c2ccccc2-c2ccccc21)C(=O)O. The first kappa shape index (κ1) is 29.1. The molecule has 206 valence electrons. The molecule has 1 aliphatic carbocycles. The second-order valence-corrected chi connectivity index (χ2v) is 11.3. The number of carboxylic acid groups (broad SMARTS) is 1. The van der Waals surface area contributed by atoms with Crippen molar-refractivity contribution in [3.05, 3.63) is 59.7 Å². The Bertz CT molecular complexity index is 1100. The number of amides is 2. The number of alkyl carbamates (subject to hydrolysis) is 1. The lowest BCUT2D eigenvalue weighted by molar-refractivity contribution is -0.146. The Morgan fingerprint density at radius 3 is 1.74 bits per heavy atom. The van der Waals surface area contributed by atoms with Gasteiger partial charge >= 0.3 is 12.1 Å². The lowest BCUT2D eigenvalue weighted by Gasteiger charge is -2.27. The molecule has 9 nitrogen and oxygen atoms in total. The van der Waals surface area contributed by atoms with Gasteiger partial charge in [-0.25, -0.2) is 9.59 Å². The van der Waals surface area contributed by atoms with E-state index in [9.17, 15) is 19.5 Å². The van der Waals surface area contributed by atoms with E-state index in [-0.39, 0.29) is 25.7 Å². The molecule has 0 bridgehead atoms. The summed E-state index contributed by atoms with van der Waals surface area (Å²) < 4.78 is 16.8. The first-order valence-electron chi connectivity index (χ1n) is 12.7. The normalized spacial score (nSPS) is 14.7. The Balaban J connectivity index is 1.68. The van der Waals surface area contributed by atoms with Gasteiger partial charge in [0.05, 0.1) is 24.4 Å². The summed E-state index contributed by atoms with van der Waals surface area (Å²) in [6, 6.07) is 13.5. The van der Waals surface area contributed by atoms with E-state index < -0.39 is 41.3 Å². The number of ether oxygens (including phenoxy) is 3. The van der Waals surface area contributed by atoms with Crippen molar-refractivity contribution in [3.8, 4) is 11.1 Å². The van der Waals surface area contributed by atoms with E-state index in [1.807, 2.05) is 69.3 Å². The van der Waals surface area contributed by atoms with Crippen LogP contribution in [0.1, 0.15) is 58.6 Å². The second kappa shape index (κ2) is 12.0. The zero-order valence-electron chi connectivity index (χ0n) is 22.9. The molecule has 0 radical (unpaired) electrons. The van der Waals surface area contributed by atoms with Crippen molar-refractivity contribution < 1.29 is 33.7 Å². The van der Waals surface area contributed by atoms with Crippen LogP contribution in [0.4, 0.5) is 4.79 Å². The minimum atomic E-state index is -1.30. The summed E-state index contributed by atoms with van der Waals surface area (Å²) >= 11 is 0. The van der Waals surface area contributed by atoms with E-state index in [2.05, 4.69) is 10.6 Å². The van der Waals surface area contributed by atoms with Gasteiger partial charge in [0.1, 0.15) is 12.6 Å². The van der Waals surface area contributed by atoms with Crippen LogP contribution in [0, 0.1) is 0 Å². The van der Waals surface area contributed by atoms with Gasteiger partial charge in [0.15, 0.2) is 6.04 Å². The van der Waals surface area contributed by atoms with Crippen LogP contribution in [0.5, 0.6) is 0 Å². The molecule has 2 aromatic rings. The number of rotatable bonds is 10. The van der Waals surface area contributed by atoms with E-state index in [0.29, 0.717) is 0 Å². The van der Waals surface area contributed by atoms with Gasteiger partial charge in [-0.05, 0) is 63.8 Å². The number of fused-ring (bicyclic) bond motifs is 3. The minimum Gasteiger partial charge on any atom is -0.480 e. The highest BCUT2D eigenvalue weighted by Gasteiger charge is 2.32. The predicted molar refractivity (Wildman–Crippen MR) is 143 cm³/mol. The van der Waals surface area contributed by atoms with E-state index in [1.54, 1.807) is 20.8 Å². The Kier molecular flexibility index (Phi) is 9.17. The van der Waals surface area contributed by atoms with Gasteiger partial charge in [-0.2, -0.15) is 0 Å². The number of nitrogens with one attached hydrogen (secondary N) is 2. The molecule has 2 aromatic carbocycles. The highest BCUT2D eigenvalue weighted by Crippen LogP contribution is 2.44. The van der Waals surface area contributed by atoms with Crippen molar-refractivity contribution in [1.29, 1.82) is 0 Å². The number of aliphatic carboxylic acids is 1. The molecule has 0 aliphatic heterocycles. The summed E-state index contributed by atoms with van der Waals surface area (Å²) in [5.41, 5.74) is 3.15. The second-order valence-electron chi connectivity index (χ2n) is 11.3. The minimum absolute atomic E-state index is 0.0749. The molecule has 0 saturated carbocycles. The average molecular weight is 527 g/mol. The van der Waals surface area contributed by atoms with Crippen molar-refractivity contribution in [2.75, 3.05) is 19.8 Å². The monoisotopic (exact) mass is 526 g/mol. The number of carboxylic acids is 1. The first-order chi connectivity index (χ1) is 17.7. The third-order valence-electron chi connectivity index (χ3n) is 5.93. The fourth-order valence-electron chi connectivity index (χ4n) is 4.08. The maximum atomic E-state index is 13.0. The van der Waals surface area contributed by atoms with Gasteiger partial charge in [-0.1, -0.05) is 48.5 Å². The molecule has 0 fully saturated rings. The lowest BCUT2D eigenvalue weighted by atomic mass is 9.98. The highest BCUT2D eigenvalue weighted by molar-refractivity contribution is 5.89. The van der Waals surface area contributed by atoms with Crippen molar-refractivity contribution in [3.63, 3.8) is 0 Å². The van der Waals surface area contributed by atoms with Gasteiger partial charge in [0.2, 0.25) is 5.91 Å². The molecule has 3 N–H and O–H groups in total. The third-order valence-corrected chi connectivity index (χ3v) is 5.93. The standard InChI is InChI=1S/C29H38N2O7/c1-28(2,3)37-16-23(25(32)30-24(26(33)34)17-38-29(4,5)6)31-27(35)36-15-22-20-13-9-7-11-18(20)19-12-8-10-14-21(19)22/h7-14,22-24H,15-17H2,1-6H3,(H,30,32)(H,31,35)(H,33,34)/t23-,24-/m0/s1. The average Bonchev–Trinajstić information content (AvgIpc) is 3.15. The van der Waals surface area contributed by atoms with Gasteiger partial charge in [-0.15, -0.1) is 0 Å². The van der Waals surface area contributed by atoms with Crippen LogP contribution in [0.15, 0.2) is 48.5 Å². The maximum absolute atomic E-state index is 13.0.